The molecule has 5 heteroatoms. The first-order valence-corrected chi connectivity index (χ1v) is 6.01. The molecule has 2 N–H and O–H groups in total. The van der Waals surface area contributed by atoms with Crippen molar-refractivity contribution < 1.29 is 8.94 Å². The summed E-state index contributed by atoms with van der Waals surface area (Å²) in [4.78, 5) is 4.32. The highest BCUT2D eigenvalue weighted by atomic mass is 16.5. The number of hydrogen-bond donors (Lipinski definition) is 1. The molecule has 0 aliphatic carbocycles. The van der Waals surface area contributed by atoms with E-state index in [2.05, 4.69) is 10.1 Å². The Bertz CT molecular complexity index is 659. The first kappa shape index (κ1) is 11.5. The van der Waals surface area contributed by atoms with E-state index in [-0.39, 0.29) is 0 Å². The second-order valence-electron chi connectivity index (χ2n) is 4.22. The molecule has 0 atom stereocenters. The van der Waals surface area contributed by atoms with E-state index in [1.54, 1.807) is 18.6 Å². The van der Waals surface area contributed by atoms with E-state index >= 15 is 0 Å². The molecule has 3 rings (SSSR count). The van der Waals surface area contributed by atoms with Gasteiger partial charge in [0, 0.05) is 12.1 Å². The van der Waals surface area contributed by atoms with Gasteiger partial charge in [-0.3, -0.25) is 0 Å². The number of anilines is 1. The predicted octanol–water partition coefficient (Wildman–Crippen LogP) is 2.70. The minimum atomic E-state index is 0.546. The molecule has 0 bridgehead atoms. The van der Waals surface area contributed by atoms with Gasteiger partial charge in [0.1, 0.15) is 6.26 Å². The fourth-order valence-corrected chi connectivity index (χ4v) is 1.87. The third-order valence-corrected chi connectivity index (χ3v) is 2.91. The minimum absolute atomic E-state index is 0.546. The number of para-hydroxylation sites is 1. The zero-order valence-electron chi connectivity index (χ0n) is 10.2. The SMILES string of the molecule is Nc1ccccc1CCc1nc(-c2ccoc2)no1. The van der Waals surface area contributed by atoms with Crippen molar-refractivity contribution in [3.05, 3.63) is 54.3 Å². The lowest BCUT2D eigenvalue weighted by Crippen LogP contribution is -1.96. The summed E-state index contributed by atoms with van der Waals surface area (Å²) in [7, 11) is 0. The molecule has 3 aromatic rings. The Morgan fingerprint density at radius 3 is 2.79 bits per heavy atom. The van der Waals surface area contributed by atoms with Crippen LogP contribution in [-0.2, 0) is 12.8 Å². The molecule has 0 radical (unpaired) electrons. The van der Waals surface area contributed by atoms with Crippen molar-refractivity contribution in [2.75, 3.05) is 5.73 Å². The van der Waals surface area contributed by atoms with Crippen molar-refractivity contribution in [1.29, 1.82) is 0 Å². The maximum atomic E-state index is 5.89. The molecular formula is C14H13N3O2. The Morgan fingerprint density at radius 1 is 1.11 bits per heavy atom. The number of benzene rings is 1. The van der Waals surface area contributed by atoms with Gasteiger partial charge in [0.2, 0.25) is 11.7 Å². The van der Waals surface area contributed by atoms with E-state index in [1.807, 2.05) is 24.3 Å². The highest BCUT2D eigenvalue weighted by Crippen LogP contribution is 2.17. The van der Waals surface area contributed by atoms with Gasteiger partial charge < -0.3 is 14.7 Å². The monoisotopic (exact) mass is 255 g/mol. The molecule has 0 aliphatic rings. The normalized spacial score (nSPS) is 10.7. The van der Waals surface area contributed by atoms with Crippen LogP contribution >= 0.6 is 0 Å². The molecule has 0 saturated carbocycles. The zero-order chi connectivity index (χ0) is 13.1. The number of nitrogen functional groups attached to an aromatic ring is 1. The van der Waals surface area contributed by atoms with Crippen molar-refractivity contribution in [2.45, 2.75) is 12.8 Å². The highest BCUT2D eigenvalue weighted by Gasteiger charge is 2.10. The van der Waals surface area contributed by atoms with E-state index in [1.165, 1.54) is 0 Å². The largest absolute Gasteiger partial charge is 0.472 e. The molecule has 0 aliphatic heterocycles. The summed E-state index contributed by atoms with van der Waals surface area (Å²) in [5.74, 6) is 1.14. The van der Waals surface area contributed by atoms with Gasteiger partial charge in [0.25, 0.3) is 0 Å². The van der Waals surface area contributed by atoms with Gasteiger partial charge in [0.05, 0.1) is 11.8 Å². The summed E-state index contributed by atoms with van der Waals surface area (Å²) < 4.78 is 10.2. The first-order chi connectivity index (χ1) is 9.33. The van der Waals surface area contributed by atoms with Crippen LogP contribution in [0.3, 0.4) is 0 Å². The third kappa shape index (κ3) is 2.49. The van der Waals surface area contributed by atoms with Crippen LogP contribution in [-0.4, -0.2) is 10.1 Å². The van der Waals surface area contributed by atoms with Gasteiger partial charge in [-0.1, -0.05) is 23.4 Å². The number of aromatic nitrogens is 2. The molecule has 0 saturated heterocycles. The lowest BCUT2D eigenvalue weighted by Gasteiger charge is -2.02. The van der Waals surface area contributed by atoms with E-state index < -0.39 is 0 Å². The van der Waals surface area contributed by atoms with Crippen molar-refractivity contribution in [3.8, 4) is 11.4 Å². The predicted molar refractivity (Wildman–Crippen MR) is 70.3 cm³/mol. The molecule has 5 nitrogen and oxygen atoms in total. The van der Waals surface area contributed by atoms with Crippen LogP contribution in [0.2, 0.25) is 0 Å². The second kappa shape index (κ2) is 4.97. The van der Waals surface area contributed by atoms with E-state index in [4.69, 9.17) is 14.7 Å². The van der Waals surface area contributed by atoms with E-state index in [0.717, 1.165) is 23.2 Å². The Balaban J connectivity index is 1.70. The van der Waals surface area contributed by atoms with Gasteiger partial charge in [-0.05, 0) is 24.1 Å². The third-order valence-electron chi connectivity index (χ3n) is 2.91. The van der Waals surface area contributed by atoms with Crippen LogP contribution in [0.5, 0.6) is 0 Å². The number of rotatable bonds is 4. The van der Waals surface area contributed by atoms with Crippen molar-refractivity contribution in [3.63, 3.8) is 0 Å². The molecule has 0 amide bonds. The lowest BCUT2D eigenvalue weighted by atomic mass is 10.1. The molecular weight excluding hydrogens is 242 g/mol. The summed E-state index contributed by atoms with van der Waals surface area (Å²) >= 11 is 0. The summed E-state index contributed by atoms with van der Waals surface area (Å²) in [6, 6.07) is 9.57. The number of nitrogens with zero attached hydrogens (tertiary/aromatic N) is 2. The maximum absolute atomic E-state index is 5.89. The van der Waals surface area contributed by atoms with Crippen LogP contribution in [0.1, 0.15) is 11.5 Å². The number of aryl methyl sites for hydroxylation is 2. The fraction of sp³-hybridized carbons (Fsp3) is 0.143. The van der Waals surface area contributed by atoms with Crippen LogP contribution < -0.4 is 5.73 Å². The average Bonchev–Trinajstić information content (AvgIpc) is 3.09. The summed E-state index contributed by atoms with van der Waals surface area (Å²) in [6.07, 6.45) is 4.61. The minimum Gasteiger partial charge on any atom is -0.472 e. The smallest absolute Gasteiger partial charge is 0.227 e. The van der Waals surface area contributed by atoms with E-state index in [0.29, 0.717) is 18.1 Å². The van der Waals surface area contributed by atoms with Crippen LogP contribution in [0.4, 0.5) is 5.69 Å². The van der Waals surface area contributed by atoms with Gasteiger partial charge in [0.15, 0.2) is 0 Å². The van der Waals surface area contributed by atoms with Gasteiger partial charge in [-0.2, -0.15) is 4.98 Å². The maximum Gasteiger partial charge on any atom is 0.227 e. The lowest BCUT2D eigenvalue weighted by molar-refractivity contribution is 0.379. The van der Waals surface area contributed by atoms with Crippen LogP contribution in [0.15, 0.2) is 51.8 Å². The summed E-state index contributed by atoms with van der Waals surface area (Å²) in [5, 5.41) is 3.92. The Morgan fingerprint density at radius 2 is 2.00 bits per heavy atom. The molecule has 19 heavy (non-hydrogen) atoms. The quantitative estimate of drug-likeness (QED) is 0.725. The second-order valence-corrected chi connectivity index (χ2v) is 4.22. The van der Waals surface area contributed by atoms with Gasteiger partial charge in [-0.25, -0.2) is 0 Å². The Kier molecular flexibility index (Phi) is 3.02. The molecule has 96 valence electrons. The van der Waals surface area contributed by atoms with Crippen LogP contribution in [0.25, 0.3) is 11.4 Å². The summed E-state index contributed by atoms with van der Waals surface area (Å²) in [5.41, 5.74) is 8.58. The number of hydrogen-bond acceptors (Lipinski definition) is 5. The standard InChI is InChI=1S/C14H13N3O2/c15-12-4-2-1-3-10(12)5-6-13-16-14(17-19-13)11-7-8-18-9-11/h1-4,7-9H,5-6,15H2. The first-order valence-electron chi connectivity index (χ1n) is 6.01. The topological polar surface area (TPSA) is 78.1 Å². The van der Waals surface area contributed by atoms with Crippen LogP contribution in [0, 0.1) is 0 Å². The molecule has 2 aromatic heterocycles. The summed E-state index contributed by atoms with van der Waals surface area (Å²) in [6.45, 7) is 0. The molecule has 0 unspecified atom stereocenters. The molecule has 0 fully saturated rings. The van der Waals surface area contributed by atoms with Crippen molar-refractivity contribution >= 4 is 5.69 Å². The molecule has 2 heterocycles. The van der Waals surface area contributed by atoms with Crippen molar-refractivity contribution in [2.24, 2.45) is 0 Å². The zero-order valence-corrected chi connectivity index (χ0v) is 10.2. The highest BCUT2D eigenvalue weighted by molar-refractivity contribution is 5.51. The molecule has 0 spiro atoms. The number of furan rings is 1. The van der Waals surface area contributed by atoms with Crippen molar-refractivity contribution in [1.82, 2.24) is 10.1 Å². The Hall–Kier alpha value is -2.56. The fourth-order valence-electron chi connectivity index (χ4n) is 1.87. The average molecular weight is 255 g/mol. The van der Waals surface area contributed by atoms with E-state index in [9.17, 15) is 0 Å². The van der Waals surface area contributed by atoms with Gasteiger partial charge in [-0.15, -0.1) is 0 Å². The number of nitrogens with two attached hydrogens (primary N) is 1. The Labute approximate surface area is 110 Å². The molecule has 1 aromatic carbocycles. The van der Waals surface area contributed by atoms with Gasteiger partial charge >= 0.3 is 0 Å².